The van der Waals surface area contributed by atoms with Crippen LogP contribution >= 0.6 is 0 Å². The van der Waals surface area contributed by atoms with E-state index in [1.807, 2.05) is 19.9 Å². The van der Waals surface area contributed by atoms with Crippen LogP contribution in [0.3, 0.4) is 0 Å². The first-order valence-corrected chi connectivity index (χ1v) is 6.68. The highest BCUT2D eigenvalue weighted by molar-refractivity contribution is 5.22. The second-order valence-electron chi connectivity index (χ2n) is 5.74. The Kier molecular flexibility index (Phi) is 4.68. The van der Waals surface area contributed by atoms with E-state index in [0.717, 1.165) is 18.5 Å². The molecule has 1 aromatic heterocycles. The molecule has 0 aliphatic rings. The molecule has 0 bridgehead atoms. The molecule has 0 saturated heterocycles. The van der Waals surface area contributed by atoms with Crippen molar-refractivity contribution in [3.8, 4) is 0 Å². The van der Waals surface area contributed by atoms with Gasteiger partial charge in [-0.05, 0) is 32.3 Å². The highest BCUT2D eigenvalue weighted by Crippen LogP contribution is 2.17. The lowest BCUT2D eigenvalue weighted by Gasteiger charge is -2.21. The molecule has 0 unspecified atom stereocenters. The third-order valence-electron chi connectivity index (χ3n) is 3.00. The maximum Gasteiger partial charge on any atom is 0.271 e. The molecule has 102 valence electrons. The number of aromatic nitrogens is 2. The van der Waals surface area contributed by atoms with Gasteiger partial charge in [0.25, 0.3) is 5.56 Å². The Hall–Kier alpha value is -1.16. The first kappa shape index (κ1) is 14.9. The van der Waals surface area contributed by atoms with E-state index in [0.29, 0.717) is 18.0 Å². The molecule has 2 N–H and O–H groups in total. The number of aryl methyl sites for hydroxylation is 1. The summed E-state index contributed by atoms with van der Waals surface area (Å²) in [6.45, 7) is 10.6. The van der Waals surface area contributed by atoms with Crippen molar-refractivity contribution in [1.29, 1.82) is 0 Å². The van der Waals surface area contributed by atoms with Gasteiger partial charge in [-0.3, -0.25) is 4.79 Å². The molecule has 4 nitrogen and oxygen atoms in total. The smallest absolute Gasteiger partial charge is 0.271 e. The molecule has 1 rings (SSSR count). The maximum atomic E-state index is 12.3. The van der Waals surface area contributed by atoms with E-state index in [9.17, 15) is 4.79 Å². The van der Waals surface area contributed by atoms with Crippen LogP contribution in [0.15, 0.2) is 10.9 Å². The van der Waals surface area contributed by atoms with Crippen molar-refractivity contribution in [3.63, 3.8) is 0 Å². The van der Waals surface area contributed by atoms with Crippen LogP contribution < -0.4 is 11.3 Å². The second-order valence-corrected chi connectivity index (χ2v) is 5.74. The van der Waals surface area contributed by atoms with Gasteiger partial charge in [0.1, 0.15) is 0 Å². The van der Waals surface area contributed by atoms with Crippen molar-refractivity contribution in [3.05, 3.63) is 27.7 Å². The van der Waals surface area contributed by atoms with Gasteiger partial charge in [-0.15, -0.1) is 0 Å². The first-order chi connectivity index (χ1) is 8.27. The van der Waals surface area contributed by atoms with Gasteiger partial charge >= 0.3 is 0 Å². The van der Waals surface area contributed by atoms with Crippen molar-refractivity contribution >= 4 is 0 Å². The lowest BCUT2D eigenvalue weighted by molar-refractivity contribution is 0.485. The lowest BCUT2D eigenvalue weighted by atomic mass is 9.95. The molecule has 0 amide bonds. The van der Waals surface area contributed by atoms with E-state index in [4.69, 9.17) is 5.73 Å². The predicted molar refractivity (Wildman–Crippen MR) is 74.7 cm³/mol. The van der Waals surface area contributed by atoms with Crippen LogP contribution in [0.2, 0.25) is 0 Å². The molecule has 0 saturated carbocycles. The van der Waals surface area contributed by atoms with Gasteiger partial charge in [0, 0.05) is 17.6 Å². The summed E-state index contributed by atoms with van der Waals surface area (Å²) in [6.07, 6.45) is 2.00. The van der Waals surface area contributed by atoms with E-state index < -0.39 is 5.54 Å². The monoisotopic (exact) mass is 251 g/mol. The number of rotatable bonds is 5. The van der Waals surface area contributed by atoms with Crippen molar-refractivity contribution in [2.45, 2.75) is 65.5 Å². The summed E-state index contributed by atoms with van der Waals surface area (Å²) in [5, 5.41) is 4.43. The summed E-state index contributed by atoms with van der Waals surface area (Å²) in [5.74, 6) is 0.291. The predicted octanol–water partition coefficient (Wildman–Crippen LogP) is 2.36. The first-order valence-electron chi connectivity index (χ1n) is 6.68. The lowest BCUT2D eigenvalue weighted by Crippen LogP contribution is -2.39. The zero-order chi connectivity index (χ0) is 13.9. The Labute approximate surface area is 109 Å². The summed E-state index contributed by atoms with van der Waals surface area (Å²) in [6, 6.07) is 1.86. The molecule has 18 heavy (non-hydrogen) atoms. The number of hydrogen-bond acceptors (Lipinski definition) is 3. The Morgan fingerprint density at radius 1 is 1.44 bits per heavy atom. The van der Waals surface area contributed by atoms with Crippen LogP contribution in [-0.2, 0) is 12.1 Å². The molecule has 4 heteroatoms. The standard InChI is InChI=1S/C14H25N3O/c1-6-7-8-17-13(18)11(14(4,5)15)9-12(16-17)10(2)3/h9-10H,6-8,15H2,1-5H3. The molecule has 1 heterocycles. The van der Waals surface area contributed by atoms with Crippen LogP contribution in [0.4, 0.5) is 0 Å². The maximum absolute atomic E-state index is 12.3. The molecule has 1 aromatic rings. The van der Waals surface area contributed by atoms with E-state index in [1.165, 1.54) is 0 Å². The van der Waals surface area contributed by atoms with Crippen LogP contribution in [0.25, 0.3) is 0 Å². The highest BCUT2D eigenvalue weighted by atomic mass is 16.1. The summed E-state index contributed by atoms with van der Waals surface area (Å²) >= 11 is 0. The second kappa shape index (κ2) is 5.65. The van der Waals surface area contributed by atoms with Gasteiger partial charge in [-0.2, -0.15) is 5.10 Å². The number of nitrogens with two attached hydrogens (primary N) is 1. The number of unbranched alkanes of at least 4 members (excludes halogenated alkanes) is 1. The van der Waals surface area contributed by atoms with Crippen molar-refractivity contribution in [2.24, 2.45) is 5.73 Å². The van der Waals surface area contributed by atoms with E-state index >= 15 is 0 Å². The molecule has 0 fully saturated rings. The summed E-state index contributed by atoms with van der Waals surface area (Å²) in [5.41, 5.74) is 6.98. The Bertz CT molecular complexity index is 455. The van der Waals surface area contributed by atoms with Crippen molar-refractivity contribution in [2.75, 3.05) is 0 Å². The van der Waals surface area contributed by atoms with Gasteiger partial charge in [0.2, 0.25) is 0 Å². The molecule has 0 radical (unpaired) electrons. The van der Waals surface area contributed by atoms with Crippen molar-refractivity contribution < 1.29 is 0 Å². The number of nitrogens with zero attached hydrogens (tertiary/aromatic N) is 2. The molecule has 0 aromatic carbocycles. The minimum absolute atomic E-state index is 0.0552. The molecular weight excluding hydrogens is 226 g/mol. The minimum atomic E-state index is -0.627. The fourth-order valence-electron chi connectivity index (χ4n) is 1.77. The van der Waals surface area contributed by atoms with Crippen LogP contribution in [0.5, 0.6) is 0 Å². The van der Waals surface area contributed by atoms with Crippen molar-refractivity contribution in [1.82, 2.24) is 9.78 Å². The van der Waals surface area contributed by atoms with Crippen LogP contribution in [0.1, 0.15) is 64.6 Å². The third kappa shape index (κ3) is 3.42. The number of hydrogen-bond donors (Lipinski definition) is 1. The largest absolute Gasteiger partial charge is 0.322 e. The zero-order valence-electron chi connectivity index (χ0n) is 12.2. The third-order valence-corrected chi connectivity index (χ3v) is 3.00. The summed E-state index contributed by atoms with van der Waals surface area (Å²) in [7, 11) is 0. The van der Waals surface area contributed by atoms with E-state index in [2.05, 4.69) is 25.9 Å². The fourth-order valence-corrected chi connectivity index (χ4v) is 1.77. The SMILES string of the molecule is CCCCn1nc(C(C)C)cc(C(C)(C)N)c1=O. The van der Waals surface area contributed by atoms with Crippen LogP contribution in [0, 0.1) is 0 Å². The summed E-state index contributed by atoms with van der Waals surface area (Å²) < 4.78 is 1.57. The van der Waals surface area contributed by atoms with Gasteiger partial charge in [0.05, 0.1) is 5.69 Å². The highest BCUT2D eigenvalue weighted by Gasteiger charge is 2.21. The van der Waals surface area contributed by atoms with Gasteiger partial charge in [-0.1, -0.05) is 27.2 Å². The average molecular weight is 251 g/mol. The molecular formula is C14H25N3O. The zero-order valence-corrected chi connectivity index (χ0v) is 12.2. The Morgan fingerprint density at radius 2 is 2.06 bits per heavy atom. The minimum Gasteiger partial charge on any atom is -0.322 e. The van der Waals surface area contributed by atoms with E-state index in [-0.39, 0.29) is 5.56 Å². The molecule has 0 aliphatic carbocycles. The fraction of sp³-hybridized carbons (Fsp3) is 0.714. The molecule has 0 spiro atoms. The normalized spacial score (nSPS) is 12.2. The van der Waals surface area contributed by atoms with Gasteiger partial charge in [0.15, 0.2) is 0 Å². The topological polar surface area (TPSA) is 60.9 Å². The van der Waals surface area contributed by atoms with Gasteiger partial charge in [-0.25, -0.2) is 4.68 Å². The van der Waals surface area contributed by atoms with Gasteiger partial charge < -0.3 is 5.73 Å². The quantitative estimate of drug-likeness (QED) is 0.874. The Morgan fingerprint density at radius 3 is 2.50 bits per heavy atom. The molecule has 0 aliphatic heterocycles. The van der Waals surface area contributed by atoms with Crippen LogP contribution in [-0.4, -0.2) is 9.78 Å². The Balaban J connectivity index is 3.34. The average Bonchev–Trinajstić information content (AvgIpc) is 2.25. The molecule has 0 atom stereocenters. The van der Waals surface area contributed by atoms with E-state index in [1.54, 1.807) is 4.68 Å². The summed E-state index contributed by atoms with van der Waals surface area (Å²) in [4.78, 5) is 12.3.